The molecule has 7 nitrogen and oxygen atoms in total. The third-order valence-corrected chi connectivity index (χ3v) is 9.12. The maximum absolute atomic E-state index is 12.9. The Labute approximate surface area is 282 Å². The first-order chi connectivity index (χ1) is 22.7. The van der Waals surface area contributed by atoms with Gasteiger partial charge in [-0.1, -0.05) is 96.0 Å². The van der Waals surface area contributed by atoms with E-state index in [9.17, 15) is 4.79 Å². The number of aryl methyl sites for hydroxylation is 2. The van der Waals surface area contributed by atoms with E-state index in [1.807, 2.05) is 65.2 Å². The summed E-state index contributed by atoms with van der Waals surface area (Å²) < 4.78 is 5.72. The molecule has 7 aromatic rings. The van der Waals surface area contributed by atoms with Crippen molar-refractivity contribution in [1.82, 2.24) is 18.7 Å². The van der Waals surface area contributed by atoms with Crippen LogP contribution in [-0.2, 0) is 19.6 Å². The Balaban J connectivity index is 0.000000183. The number of para-hydroxylation sites is 4. The maximum atomic E-state index is 12.9. The van der Waals surface area contributed by atoms with Crippen LogP contribution in [0, 0.1) is 19.3 Å². The molecule has 0 spiro atoms. The summed E-state index contributed by atoms with van der Waals surface area (Å²) in [6.45, 7) is 5.56. The molecule has 0 unspecified atom stereocenters. The number of halogens is 2. The molecule has 0 bridgehead atoms. The minimum absolute atomic E-state index is 0.0537. The van der Waals surface area contributed by atoms with Gasteiger partial charge in [0.1, 0.15) is 0 Å². The quantitative estimate of drug-likeness (QED) is 0.168. The van der Waals surface area contributed by atoms with Crippen LogP contribution in [0.4, 0.5) is 5.95 Å². The molecule has 236 valence electrons. The zero-order chi connectivity index (χ0) is 33.1. The highest BCUT2D eigenvalue weighted by Crippen LogP contribution is 2.24. The normalized spacial score (nSPS) is 11.1. The lowest BCUT2D eigenvalue weighted by atomic mass is 10.1. The van der Waals surface area contributed by atoms with Gasteiger partial charge >= 0.3 is 0 Å². The molecular weight excluding hydrogens is 627 g/mol. The fraction of sp³-hybridized carbons (Fsp3) is 0.132. The van der Waals surface area contributed by atoms with Gasteiger partial charge in [0.2, 0.25) is 11.6 Å². The lowest BCUT2D eigenvalue weighted by molar-refractivity contribution is 0.0971. The molecule has 0 aliphatic carbocycles. The fourth-order valence-corrected chi connectivity index (χ4v) is 5.99. The molecule has 0 atom stereocenters. The standard InChI is InChI=1S/C23H19Cl2N3O.C15H15N3/c1-15-6-2-3-7-17(15)13-27-20-8-4-5-9-21(20)28(23(27)26)14-22(29)16-10-11-18(24)19(25)12-16;1-11-6-2-3-7-12(11)10-18-14-9-5-4-8-13(14)17-15(18)16/h2-12,26H,13-14H2,1H3;2-9H,10H2,1H3,(H2,16,17). The average Bonchev–Trinajstić information content (AvgIpc) is 3.53. The van der Waals surface area contributed by atoms with Crippen LogP contribution >= 0.6 is 23.2 Å². The van der Waals surface area contributed by atoms with Gasteiger partial charge in [0.15, 0.2) is 5.78 Å². The molecule has 0 amide bonds. The number of nitrogens with two attached hydrogens (primary N) is 1. The summed E-state index contributed by atoms with van der Waals surface area (Å²) in [6.07, 6.45) is 0. The molecule has 2 aromatic heterocycles. The van der Waals surface area contributed by atoms with Gasteiger partial charge in [-0.2, -0.15) is 0 Å². The van der Waals surface area contributed by atoms with Gasteiger partial charge < -0.3 is 19.4 Å². The van der Waals surface area contributed by atoms with E-state index in [1.165, 1.54) is 16.7 Å². The molecular formula is C38H34Cl2N6O. The largest absolute Gasteiger partial charge is 0.369 e. The van der Waals surface area contributed by atoms with Crippen LogP contribution in [0.5, 0.6) is 0 Å². The summed E-state index contributed by atoms with van der Waals surface area (Å²) in [5, 5.41) is 9.51. The zero-order valence-corrected chi connectivity index (χ0v) is 27.6. The van der Waals surface area contributed by atoms with E-state index in [-0.39, 0.29) is 17.9 Å². The lowest BCUT2D eigenvalue weighted by Gasteiger charge is -2.09. The van der Waals surface area contributed by atoms with Crippen LogP contribution in [0.1, 0.15) is 32.6 Å². The molecule has 0 aliphatic heterocycles. The summed E-state index contributed by atoms with van der Waals surface area (Å²) in [5.74, 6) is 0.445. The smallest absolute Gasteiger partial charge is 0.203 e. The Hall–Kier alpha value is -5.11. The average molecular weight is 662 g/mol. The summed E-state index contributed by atoms with van der Waals surface area (Å²) in [6, 6.07) is 37.1. The van der Waals surface area contributed by atoms with Crippen molar-refractivity contribution in [3.8, 4) is 0 Å². The van der Waals surface area contributed by atoms with E-state index in [0.717, 1.165) is 34.2 Å². The Kier molecular flexibility index (Phi) is 9.29. The van der Waals surface area contributed by atoms with Crippen LogP contribution in [0.15, 0.2) is 115 Å². The zero-order valence-electron chi connectivity index (χ0n) is 26.1. The van der Waals surface area contributed by atoms with Crippen molar-refractivity contribution in [3.63, 3.8) is 0 Å². The number of benzene rings is 5. The Bertz CT molecular complexity index is 2300. The number of nitrogen functional groups attached to an aromatic ring is 1. The molecule has 2 heterocycles. The molecule has 5 aromatic carbocycles. The van der Waals surface area contributed by atoms with Crippen molar-refractivity contribution >= 4 is 57.0 Å². The van der Waals surface area contributed by atoms with E-state index in [0.29, 0.717) is 28.1 Å². The molecule has 9 heteroatoms. The van der Waals surface area contributed by atoms with Gasteiger partial charge in [0.25, 0.3) is 0 Å². The third kappa shape index (κ3) is 6.73. The number of fused-ring (bicyclic) bond motifs is 2. The van der Waals surface area contributed by atoms with E-state index < -0.39 is 0 Å². The highest BCUT2D eigenvalue weighted by atomic mass is 35.5. The van der Waals surface area contributed by atoms with Crippen molar-refractivity contribution in [2.75, 3.05) is 5.73 Å². The first kappa shape index (κ1) is 31.9. The minimum atomic E-state index is -0.124. The fourth-order valence-electron chi connectivity index (χ4n) is 5.70. The van der Waals surface area contributed by atoms with Gasteiger partial charge in [-0.05, 0) is 78.6 Å². The first-order valence-electron chi connectivity index (χ1n) is 15.2. The van der Waals surface area contributed by atoms with E-state index in [1.54, 1.807) is 22.8 Å². The number of carbonyl (C=O) groups is 1. The highest BCUT2D eigenvalue weighted by molar-refractivity contribution is 6.42. The maximum Gasteiger partial charge on any atom is 0.203 e. The van der Waals surface area contributed by atoms with Gasteiger partial charge in [-0.25, -0.2) is 4.98 Å². The number of Topliss-reactive ketones (excluding diaryl/α,β-unsaturated/α-hetero) is 1. The molecule has 0 fully saturated rings. The lowest BCUT2D eigenvalue weighted by Crippen LogP contribution is -2.27. The van der Waals surface area contributed by atoms with E-state index in [4.69, 9.17) is 34.3 Å². The van der Waals surface area contributed by atoms with E-state index >= 15 is 0 Å². The molecule has 7 rings (SSSR count). The van der Waals surface area contributed by atoms with E-state index in [2.05, 4.69) is 59.8 Å². The van der Waals surface area contributed by atoms with Crippen LogP contribution in [0.25, 0.3) is 22.1 Å². The molecule has 0 saturated carbocycles. The molecule has 0 aliphatic rings. The van der Waals surface area contributed by atoms with Crippen molar-refractivity contribution < 1.29 is 4.79 Å². The topological polar surface area (TPSA) is 94.6 Å². The number of hydrogen-bond donors (Lipinski definition) is 2. The Morgan fingerprint density at radius 2 is 1.21 bits per heavy atom. The Morgan fingerprint density at radius 3 is 1.83 bits per heavy atom. The van der Waals surface area contributed by atoms with Crippen LogP contribution in [0.2, 0.25) is 10.0 Å². The minimum Gasteiger partial charge on any atom is -0.369 e. The second-order valence-corrected chi connectivity index (χ2v) is 12.2. The number of nitrogens with one attached hydrogen (secondary N) is 1. The number of nitrogens with zero attached hydrogens (tertiary/aromatic N) is 4. The van der Waals surface area contributed by atoms with Gasteiger partial charge in [0.05, 0.1) is 51.7 Å². The number of carbonyl (C=O) groups excluding carboxylic acids is 1. The second kappa shape index (κ2) is 13.7. The van der Waals surface area contributed by atoms with Crippen LogP contribution < -0.4 is 11.4 Å². The molecule has 0 saturated heterocycles. The number of imidazole rings is 2. The van der Waals surface area contributed by atoms with Crippen molar-refractivity contribution in [2.45, 2.75) is 33.5 Å². The predicted octanol–water partition coefficient (Wildman–Crippen LogP) is 8.44. The molecule has 47 heavy (non-hydrogen) atoms. The number of anilines is 1. The van der Waals surface area contributed by atoms with Crippen molar-refractivity contribution in [1.29, 1.82) is 5.41 Å². The summed E-state index contributed by atoms with van der Waals surface area (Å²) in [7, 11) is 0. The number of hydrogen-bond acceptors (Lipinski definition) is 4. The predicted molar refractivity (Wildman–Crippen MR) is 191 cm³/mol. The highest BCUT2D eigenvalue weighted by Gasteiger charge is 2.16. The first-order valence-corrected chi connectivity index (χ1v) is 16.0. The molecule has 3 N–H and O–H groups in total. The summed E-state index contributed by atoms with van der Waals surface area (Å²) >= 11 is 12.0. The Morgan fingerprint density at radius 1 is 0.681 bits per heavy atom. The van der Waals surface area contributed by atoms with Gasteiger partial charge in [-0.3, -0.25) is 10.2 Å². The van der Waals surface area contributed by atoms with Crippen LogP contribution in [-0.4, -0.2) is 24.5 Å². The number of rotatable bonds is 7. The van der Waals surface area contributed by atoms with Crippen LogP contribution in [0.3, 0.4) is 0 Å². The van der Waals surface area contributed by atoms with Gasteiger partial charge in [0, 0.05) is 5.56 Å². The third-order valence-electron chi connectivity index (χ3n) is 8.38. The summed E-state index contributed by atoms with van der Waals surface area (Å²) in [5.41, 5.74) is 15.4. The monoisotopic (exact) mass is 660 g/mol. The van der Waals surface area contributed by atoms with Gasteiger partial charge in [-0.15, -0.1) is 0 Å². The second-order valence-electron chi connectivity index (χ2n) is 11.4. The number of ketones is 1. The van der Waals surface area contributed by atoms with Crippen molar-refractivity contribution in [2.24, 2.45) is 0 Å². The number of aromatic nitrogens is 4. The van der Waals surface area contributed by atoms with Crippen molar-refractivity contribution in [3.05, 3.63) is 159 Å². The molecule has 0 radical (unpaired) electrons. The SMILES string of the molecule is Cc1ccccc1Cn1c(=N)n(CC(=O)c2ccc(Cl)c(Cl)c2)c2ccccc21.Cc1ccccc1Cn1c(N)nc2ccccc21. The summed E-state index contributed by atoms with van der Waals surface area (Å²) in [4.78, 5) is 17.3.